The van der Waals surface area contributed by atoms with Gasteiger partial charge in [0.1, 0.15) is 0 Å². The molecule has 8 nitrogen and oxygen atoms in total. The normalized spacial score (nSPS) is 17.5. The summed E-state index contributed by atoms with van der Waals surface area (Å²) in [5.74, 6) is 0.869. The van der Waals surface area contributed by atoms with Crippen molar-refractivity contribution in [2.75, 3.05) is 44.6 Å². The summed E-state index contributed by atoms with van der Waals surface area (Å²) in [5.41, 5.74) is 1.28. The first kappa shape index (κ1) is 21.0. The van der Waals surface area contributed by atoms with Gasteiger partial charge in [-0.05, 0) is 55.2 Å². The second-order valence-corrected chi connectivity index (χ2v) is 8.24. The van der Waals surface area contributed by atoms with Gasteiger partial charge in [0.2, 0.25) is 0 Å². The van der Waals surface area contributed by atoms with Crippen molar-refractivity contribution in [2.24, 2.45) is 5.92 Å². The molecule has 2 saturated heterocycles. The van der Waals surface area contributed by atoms with E-state index in [2.05, 4.69) is 12.2 Å². The summed E-state index contributed by atoms with van der Waals surface area (Å²) in [6, 6.07) is 10.1. The largest absolute Gasteiger partial charge is 0.459 e. The minimum Gasteiger partial charge on any atom is -0.459 e. The average molecular weight is 425 g/mol. The van der Waals surface area contributed by atoms with Crippen LogP contribution in [0.2, 0.25) is 0 Å². The van der Waals surface area contributed by atoms with Gasteiger partial charge in [0.05, 0.1) is 6.26 Å². The quantitative estimate of drug-likeness (QED) is 0.820. The third-order valence-electron chi connectivity index (χ3n) is 6.04. The van der Waals surface area contributed by atoms with E-state index in [-0.39, 0.29) is 17.8 Å². The van der Waals surface area contributed by atoms with E-state index in [1.807, 2.05) is 4.90 Å². The summed E-state index contributed by atoms with van der Waals surface area (Å²) >= 11 is 0. The number of piperazine rings is 1. The van der Waals surface area contributed by atoms with Gasteiger partial charge in [0, 0.05) is 50.5 Å². The van der Waals surface area contributed by atoms with E-state index in [1.54, 1.807) is 46.2 Å². The molecule has 0 atom stereocenters. The molecule has 1 aromatic carbocycles. The molecule has 3 heterocycles. The SMILES string of the molecule is CC1CCN(C(=O)c2ccc(NC(=O)N3CCN(C(=O)c4ccco4)CC3)cc2)CC1. The highest BCUT2D eigenvalue weighted by atomic mass is 16.3. The van der Waals surface area contributed by atoms with E-state index in [0.29, 0.717) is 49.1 Å². The van der Waals surface area contributed by atoms with Crippen molar-refractivity contribution in [1.29, 1.82) is 0 Å². The van der Waals surface area contributed by atoms with Crippen LogP contribution in [0.4, 0.5) is 10.5 Å². The number of piperidine rings is 1. The lowest BCUT2D eigenvalue weighted by Crippen LogP contribution is -2.51. The third kappa shape index (κ3) is 4.90. The molecule has 4 amide bonds. The first-order chi connectivity index (χ1) is 15.0. The maximum atomic E-state index is 12.6. The summed E-state index contributed by atoms with van der Waals surface area (Å²) in [6.07, 6.45) is 3.56. The number of urea groups is 1. The smallest absolute Gasteiger partial charge is 0.321 e. The highest BCUT2D eigenvalue weighted by Gasteiger charge is 2.26. The number of furan rings is 1. The number of likely N-dealkylation sites (tertiary alicyclic amines) is 1. The maximum absolute atomic E-state index is 12.6. The number of rotatable bonds is 3. The standard InChI is InChI=1S/C23H28N4O4/c1-17-8-10-25(11-9-17)21(28)18-4-6-19(7-5-18)24-23(30)27-14-12-26(13-15-27)22(29)20-3-2-16-31-20/h2-7,16-17H,8-15H2,1H3,(H,24,30). The Kier molecular flexibility index (Phi) is 6.25. The van der Waals surface area contributed by atoms with E-state index < -0.39 is 0 Å². The summed E-state index contributed by atoms with van der Waals surface area (Å²) in [4.78, 5) is 42.8. The fourth-order valence-corrected chi connectivity index (χ4v) is 3.96. The molecule has 2 aromatic rings. The Bertz CT molecular complexity index is 910. The molecule has 1 N–H and O–H groups in total. The van der Waals surface area contributed by atoms with Crippen LogP contribution < -0.4 is 5.32 Å². The Morgan fingerprint density at radius 3 is 2.06 bits per heavy atom. The predicted molar refractivity (Wildman–Crippen MR) is 116 cm³/mol. The highest BCUT2D eigenvalue weighted by Crippen LogP contribution is 2.19. The first-order valence-corrected chi connectivity index (χ1v) is 10.8. The molecule has 2 aliphatic rings. The monoisotopic (exact) mass is 424 g/mol. The molecular weight excluding hydrogens is 396 g/mol. The second-order valence-electron chi connectivity index (χ2n) is 8.24. The second kappa shape index (κ2) is 9.24. The zero-order chi connectivity index (χ0) is 21.8. The van der Waals surface area contributed by atoms with Gasteiger partial charge in [-0.2, -0.15) is 0 Å². The number of nitrogens with one attached hydrogen (secondary N) is 1. The van der Waals surface area contributed by atoms with E-state index in [4.69, 9.17) is 4.42 Å². The maximum Gasteiger partial charge on any atom is 0.321 e. The number of nitrogens with zero attached hydrogens (tertiary/aromatic N) is 3. The molecule has 0 aliphatic carbocycles. The summed E-state index contributed by atoms with van der Waals surface area (Å²) in [7, 11) is 0. The van der Waals surface area contributed by atoms with E-state index in [1.165, 1.54) is 6.26 Å². The van der Waals surface area contributed by atoms with E-state index >= 15 is 0 Å². The number of hydrogen-bond acceptors (Lipinski definition) is 4. The van der Waals surface area contributed by atoms with Gasteiger partial charge in [-0.25, -0.2) is 4.79 Å². The van der Waals surface area contributed by atoms with Crippen LogP contribution in [0.5, 0.6) is 0 Å². The van der Waals surface area contributed by atoms with E-state index in [9.17, 15) is 14.4 Å². The topological polar surface area (TPSA) is 86.1 Å². The Balaban J connectivity index is 1.27. The molecule has 0 saturated carbocycles. The fraction of sp³-hybridized carbons (Fsp3) is 0.435. The molecule has 0 spiro atoms. The van der Waals surface area contributed by atoms with Crippen molar-refractivity contribution in [2.45, 2.75) is 19.8 Å². The van der Waals surface area contributed by atoms with Crippen LogP contribution in [0.15, 0.2) is 47.1 Å². The average Bonchev–Trinajstić information content (AvgIpc) is 3.34. The lowest BCUT2D eigenvalue weighted by atomic mass is 9.98. The van der Waals surface area contributed by atoms with Gasteiger partial charge in [-0.15, -0.1) is 0 Å². The molecular formula is C23H28N4O4. The van der Waals surface area contributed by atoms with Crippen molar-refractivity contribution in [3.05, 3.63) is 54.0 Å². The Labute approximate surface area is 181 Å². The lowest BCUT2D eigenvalue weighted by molar-refractivity contribution is 0.0640. The van der Waals surface area contributed by atoms with E-state index in [0.717, 1.165) is 25.9 Å². The molecule has 164 valence electrons. The van der Waals surface area contributed by atoms with Crippen molar-refractivity contribution in [1.82, 2.24) is 14.7 Å². The minimum atomic E-state index is -0.214. The molecule has 8 heteroatoms. The third-order valence-corrected chi connectivity index (χ3v) is 6.04. The van der Waals surface area contributed by atoms with Gasteiger partial charge in [-0.3, -0.25) is 9.59 Å². The fourth-order valence-electron chi connectivity index (χ4n) is 3.96. The van der Waals surface area contributed by atoms with Gasteiger partial charge in [0.25, 0.3) is 11.8 Å². The molecule has 0 radical (unpaired) electrons. The van der Waals surface area contributed by atoms with Crippen LogP contribution in [-0.2, 0) is 0 Å². The van der Waals surface area contributed by atoms with Gasteiger partial charge in [-0.1, -0.05) is 6.92 Å². The molecule has 31 heavy (non-hydrogen) atoms. The Hall–Kier alpha value is -3.29. The molecule has 2 aliphatic heterocycles. The lowest BCUT2D eigenvalue weighted by Gasteiger charge is -2.34. The van der Waals surface area contributed by atoms with Crippen LogP contribution in [0.1, 0.15) is 40.7 Å². The van der Waals surface area contributed by atoms with Crippen molar-refractivity contribution < 1.29 is 18.8 Å². The molecule has 4 rings (SSSR count). The van der Waals surface area contributed by atoms with Crippen LogP contribution in [-0.4, -0.2) is 71.8 Å². The molecule has 0 unspecified atom stereocenters. The Morgan fingerprint density at radius 2 is 1.45 bits per heavy atom. The molecule has 1 aromatic heterocycles. The van der Waals surface area contributed by atoms with Crippen molar-refractivity contribution >= 4 is 23.5 Å². The van der Waals surface area contributed by atoms with Crippen LogP contribution in [0, 0.1) is 5.92 Å². The summed E-state index contributed by atoms with van der Waals surface area (Å²) < 4.78 is 5.16. The number of carbonyl (C=O) groups excluding carboxylic acids is 3. The summed E-state index contributed by atoms with van der Waals surface area (Å²) in [5, 5.41) is 2.87. The summed E-state index contributed by atoms with van der Waals surface area (Å²) in [6.45, 7) is 5.62. The van der Waals surface area contributed by atoms with Crippen LogP contribution in [0.25, 0.3) is 0 Å². The highest BCUT2D eigenvalue weighted by molar-refractivity contribution is 5.96. The van der Waals surface area contributed by atoms with Crippen LogP contribution >= 0.6 is 0 Å². The number of benzene rings is 1. The van der Waals surface area contributed by atoms with Gasteiger partial charge < -0.3 is 24.4 Å². The van der Waals surface area contributed by atoms with Gasteiger partial charge >= 0.3 is 6.03 Å². The van der Waals surface area contributed by atoms with Crippen molar-refractivity contribution in [3.8, 4) is 0 Å². The number of amides is 4. The molecule has 2 fully saturated rings. The minimum absolute atomic E-state index is 0.0436. The van der Waals surface area contributed by atoms with Crippen molar-refractivity contribution in [3.63, 3.8) is 0 Å². The zero-order valence-corrected chi connectivity index (χ0v) is 17.8. The Morgan fingerprint density at radius 1 is 0.839 bits per heavy atom. The van der Waals surface area contributed by atoms with Crippen LogP contribution in [0.3, 0.4) is 0 Å². The number of anilines is 1. The number of hydrogen-bond donors (Lipinski definition) is 1. The first-order valence-electron chi connectivity index (χ1n) is 10.8. The van der Waals surface area contributed by atoms with Gasteiger partial charge in [0.15, 0.2) is 5.76 Å². The predicted octanol–water partition coefficient (Wildman–Crippen LogP) is 3.14. The number of carbonyl (C=O) groups is 3. The molecule has 0 bridgehead atoms. The zero-order valence-electron chi connectivity index (χ0n) is 17.8.